The monoisotopic (exact) mass is 410 g/mol. The first-order valence-electron chi connectivity index (χ1n) is 9.87. The van der Waals surface area contributed by atoms with Gasteiger partial charge in [0.1, 0.15) is 0 Å². The van der Waals surface area contributed by atoms with Crippen LogP contribution < -0.4 is 5.32 Å². The van der Waals surface area contributed by atoms with Crippen LogP contribution in [0.1, 0.15) is 37.1 Å². The van der Waals surface area contributed by atoms with Gasteiger partial charge >= 0.3 is 6.03 Å². The van der Waals surface area contributed by atoms with Gasteiger partial charge in [0.05, 0.1) is 5.92 Å². The maximum absolute atomic E-state index is 12.7. The maximum atomic E-state index is 12.7. The van der Waals surface area contributed by atoms with E-state index in [4.69, 9.17) is 16.1 Å². The number of hydrogen-bond donors (Lipinski definition) is 1. The van der Waals surface area contributed by atoms with Crippen molar-refractivity contribution in [2.24, 2.45) is 0 Å². The fourth-order valence-electron chi connectivity index (χ4n) is 3.58. The Kier molecular flexibility index (Phi) is 5.81. The van der Waals surface area contributed by atoms with Crippen molar-refractivity contribution in [3.63, 3.8) is 0 Å². The Morgan fingerprint density at radius 2 is 2.14 bits per heavy atom. The number of nitrogens with one attached hydrogen (secondary N) is 1. The molecule has 0 saturated carbocycles. The van der Waals surface area contributed by atoms with Crippen LogP contribution in [0.4, 0.5) is 10.5 Å². The predicted molar refractivity (Wildman–Crippen MR) is 113 cm³/mol. The Morgan fingerprint density at radius 3 is 2.97 bits per heavy atom. The van der Waals surface area contributed by atoms with Gasteiger partial charge in [-0.3, -0.25) is 0 Å². The molecule has 150 valence electrons. The van der Waals surface area contributed by atoms with E-state index in [2.05, 4.69) is 28.4 Å². The number of nitrogens with zero attached hydrogens (tertiary/aromatic N) is 3. The van der Waals surface area contributed by atoms with Gasteiger partial charge in [-0.05, 0) is 49.1 Å². The SMILES string of the molecule is CCc1cccc(NC(=O)N2CCC[C@@H](c3nc(-c4cccc(Cl)c4)no3)C2)c1. The van der Waals surface area contributed by atoms with Crippen LogP contribution in [0.5, 0.6) is 0 Å². The lowest BCUT2D eigenvalue weighted by Crippen LogP contribution is -2.41. The molecule has 1 fully saturated rings. The number of urea groups is 1. The lowest BCUT2D eigenvalue weighted by Gasteiger charge is -2.31. The largest absolute Gasteiger partial charge is 0.339 e. The summed E-state index contributed by atoms with van der Waals surface area (Å²) in [6, 6.07) is 15.2. The lowest BCUT2D eigenvalue weighted by atomic mass is 9.98. The first kappa shape index (κ1) is 19.5. The number of anilines is 1. The summed E-state index contributed by atoms with van der Waals surface area (Å²) in [6.07, 6.45) is 2.73. The number of halogens is 1. The summed E-state index contributed by atoms with van der Waals surface area (Å²) in [7, 11) is 0. The highest BCUT2D eigenvalue weighted by Crippen LogP contribution is 2.28. The van der Waals surface area contributed by atoms with E-state index in [9.17, 15) is 4.79 Å². The summed E-state index contributed by atoms with van der Waals surface area (Å²) < 4.78 is 5.51. The molecule has 7 heteroatoms. The zero-order valence-electron chi connectivity index (χ0n) is 16.3. The fourth-order valence-corrected chi connectivity index (χ4v) is 3.77. The molecule has 1 aliphatic heterocycles. The highest BCUT2D eigenvalue weighted by Gasteiger charge is 2.29. The molecule has 0 aliphatic carbocycles. The maximum Gasteiger partial charge on any atom is 0.321 e. The third kappa shape index (κ3) is 4.59. The molecule has 2 heterocycles. The molecule has 0 radical (unpaired) electrons. The van der Waals surface area contributed by atoms with Gasteiger partial charge in [-0.25, -0.2) is 4.79 Å². The van der Waals surface area contributed by atoms with Gasteiger partial charge in [-0.15, -0.1) is 0 Å². The summed E-state index contributed by atoms with van der Waals surface area (Å²) in [5.74, 6) is 1.10. The molecule has 29 heavy (non-hydrogen) atoms. The molecule has 6 nitrogen and oxygen atoms in total. The van der Waals surface area contributed by atoms with Crippen molar-refractivity contribution in [3.05, 3.63) is 65.0 Å². The van der Waals surface area contributed by atoms with E-state index in [1.165, 1.54) is 5.56 Å². The molecule has 1 atom stereocenters. The van der Waals surface area contributed by atoms with E-state index >= 15 is 0 Å². The molecule has 0 bridgehead atoms. The molecular formula is C22H23ClN4O2. The van der Waals surface area contributed by atoms with Gasteiger partial charge < -0.3 is 14.7 Å². The summed E-state index contributed by atoms with van der Waals surface area (Å²) >= 11 is 6.05. The van der Waals surface area contributed by atoms with Gasteiger partial charge in [0.25, 0.3) is 0 Å². The molecule has 1 saturated heterocycles. The second kappa shape index (κ2) is 8.66. The molecule has 2 aromatic carbocycles. The number of hydrogen-bond acceptors (Lipinski definition) is 4. The van der Waals surface area contributed by atoms with E-state index in [1.54, 1.807) is 12.1 Å². The molecule has 1 aromatic heterocycles. The fraction of sp³-hybridized carbons (Fsp3) is 0.318. The molecule has 0 spiro atoms. The molecule has 3 aromatic rings. The minimum Gasteiger partial charge on any atom is -0.339 e. The second-order valence-corrected chi connectivity index (χ2v) is 7.67. The smallest absolute Gasteiger partial charge is 0.321 e. The number of amides is 2. The van der Waals surface area contributed by atoms with Crippen LogP contribution in [0.15, 0.2) is 53.1 Å². The number of aromatic nitrogens is 2. The Morgan fingerprint density at radius 1 is 1.28 bits per heavy atom. The first-order valence-corrected chi connectivity index (χ1v) is 10.2. The standard InChI is InChI=1S/C22H23ClN4O2/c1-2-15-6-3-10-19(12-15)24-22(28)27-11-5-8-17(14-27)21-25-20(26-29-21)16-7-4-9-18(23)13-16/h3-4,6-7,9-10,12-13,17H,2,5,8,11,14H2,1H3,(H,24,28)/t17-/m1/s1. The van der Waals surface area contributed by atoms with Gasteiger partial charge in [0.15, 0.2) is 0 Å². The van der Waals surface area contributed by atoms with Crippen LogP contribution >= 0.6 is 11.6 Å². The number of carbonyl (C=O) groups excluding carboxylic acids is 1. The van der Waals surface area contributed by atoms with Crippen molar-refractivity contribution in [1.82, 2.24) is 15.0 Å². The van der Waals surface area contributed by atoms with Crippen molar-refractivity contribution in [2.75, 3.05) is 18.4 Å². The number of piperidine rings is 1. The average molecular weight is 411 g/mol. The third-order valence-electron chi connectivity index (χ3n) is 5.17. The Hall–Kier alpha value is -2.86. The van der Waals surface area contributed by atoms with Crippen LogP contribution in [-0.4, -0.2) is 34.2 Å². The van der Waals surface area contributed by atoms with Gasteiger partial charge in [-0.2, -0.15) is 4.98 Å². The quantitative estimate of drug-likeness (QED) is 0.628. The van der Waals surface area contributed by atoms with Gasteiger partial charge in [-0.1, -0.05) is 47.9 Å². The normalized spacial score (nSPS) is 16.6. The van der Waals surface area contributed by atoms with Crippen LogP contribution in [0.2, 0.25) is 5.02 Å². The summed E-state index contributed by atoms with van der Waals surface area (Å²) in [5, 5.41) is 7.72. The topological polar surface area (TPSA) is 71.3 Å². The zero-order valence-corrected chi connectivity index (χ0v) is 17.0. The highest BCUT2D eigenvalue weighted by molar-refractivity contribution is 6.30. The Balaban J connectivity index is 1.43. The summed E-state index contributed by atoms with van der Waals surface area (Å²) in [4.78, 5) is 19.1. The van der Waals surface area contributed by atoms with Crippen molar-refractivity contribution in [1.29, 1.82) is 0 Å². The minimum absolute atomic E-state index is 0.0249. The van der Waals surface area contributed by atoms with Gasteiger partial charge in [0, 0.05) is 29.4 Å². The Bertz CT molecular complexity index is 1000. The van der Waals surface area contributed by atoms with Crippen LogP contribution in [0.3, 0.4) is 0 Å². The van der Waals surface area contributed by atoms with E-state index in [0.29, 0.717) is 29.8 Å². The molecule has 2 amide bonds. The van der Waals surface area contributed by atoms with Crippen molar-refractivity contribution in [2.45, 2.75) is 32.1 Å². The van der Waals surface area contributed by atoms with Crippen LogP contribution in [0.25, 0.3) is 11.4 Å². The van der Waals surface area contributed by atoms with E-state index in [-0.39, 0.29) is 11.9 Å². The number of benzene rings is 2. The van der Waals surface area contributed by atoms with E-state index < -0.39 is 0 Å². The minimum atomic E-state index is -0.0995. The average Bonchev–Trinajstić information content (AvgIpc) is 3.24. The summed E-state index contributed by atoms with van der Waals surface area (Å²) in [6.45, 7) is 3.36. The summed E-state index contributed by atoms with van der Waals surface area (Å²) in [5.41, 5.74) is 2.82. The van der Waals surface area contributed by atoms with E-state index in [0.717, 1.165) is 30.5 Å². The van der Waals surface area contributed by atoms with Crippen molar-refractivity contribution >= 4 is 23.3 Å². The second-order valence-electron chi connectivity index (χ2n) is 7.24. The molecule has 4 rings (SSSR count). The van der Waals surface area contributed by atoms with Gasteiger partial charge in [0.2, 0.25) is 11.7 Å². The van der Waals surface area contributed by atoms with Crippen molar-refractivity contribution < 1.29 is 9.32 Å². The Labute approximate surface area is 174 Å². The molecule has 0 unspecified atom stereocenters. The molecule has 1 aliphatic rings. The first-order chi connectivity index (χ1) is 14.1. The van der Waals surface area contributed by atoms with Crippen molar-refractivity contribution in [3.8, 4) is 11.4 Å². The predicted octanol–water partition coefficient (Wildman–Crippen LogP) is 5.36. The van der Waals surface area contributed by atoms with Crippen LogP contribution in [-0.2, 0) is 6.42 Å². The molecular weight excluding hydrogens is 388 g/mol. The third-order valence-corrected chi connectivity index (χ3v) is 5.40. The van der Waals surface area contributed by atoms with Crippen LogP contribution in [0, 0.1) is 0 Å². The lowest BCUT2D eigenvalue weighted by molar-refractivity contribution is 0.184. The molecule has 1 N–H and O–H groups in total. The number of rotatable bonds is 4. The number of likely N-dealkylation sites (tertiary alicyclic amines) is 1. The van der Waals surface area contributed by atoms with E-state index in [1.807, 2.05) is 35.2 Å². The zero-order chi connectivity index (χ0) is 20.2. The number of carbonyl (C=O) groups is 1. The number of aryl methyl sites for hydroxylation is 1. The highest BCUT2D eigenvalue weighted by atomic mass is 35.5.